The maximum Gasteiger partial charge on any atom is 0.254 e. The summed E-state index contributed by atoms with van der Waals surface area (Å²) in [5.41, 5.74) is 0.665. The number of thiophene rings is 1. The van der Waals surface area contributed by atoms with E-state index in [2.05, 4.69) is 5.10 Å². The molecule has 2 aromatic rings. The Morgan fingerprint density at radius 3 is 2.74 bits per heavy atom. The molecular formula is C14H18N4O3S2. The van der Waals surface area contributed by atoms with Gasteiger partial charge in [-0.2, -0.15) is 20.7 Å². The second-order valence-electron chi connectivity index (χ2n) is 5.41. The highest BCUT2D eigenvalue weighted by Crippen LogP contribution is 2.18. The molecule has 2 aromatic heterocycles. The normalized spacial score (nSPS) is 17.2. The van der Waals surface area contributed by atoms with E-state index in [1.807, 2.05) is 10.8 Å². The van der Waals surface area contributed by atoms with Gasteiger partial charge in [-0.1, -0.05) is 0 Å². The first kappa shape index (κ1) is 16.2. The minimum absolute atomic E-state index is 0.0353. The molecule has 1 amide bonds. The van der Waals surface area contributed by atoms with Gasteiger partial charge in [0.25, 0.3) is 5.91 Å². The molecule has 0 N–H and O–H groups in total. The van der Waals surface area contributed by atoms with Gasteiger partial charge in [0.1, 0.15) is 4.90 Å². The Morgan fingerprint density at radius 2 is 2.09 bits per heavy atom. The monoisotopic (exact) mass is 354 g/mol. The van der Waals surface area contributed by atoms with E-state index >= 15 is 0 Å². The van der Waals surface area contributed by atoms with Crippen LogP contribution in [0.5, 0.6) is 0 Å². The summed E-state index contributed by atoms with van der Waals surface area (Å²) in [4.78, 5) is 14.3. The smallest absolute Gasteiger partial charge is 0.254 e. The molecule has 7 nitrogen and oxygen atoms in total. The Bertz CT molecular complexity index is 783. The van der Waals surface area contributed by atoms with Crippen LogP contribution in [-0.4, -0.2) is 59.5 Å². The van der Waals surface area contributed by atoms with Crippen LogP contribution < -0.4 is 0 Å². The van der Waals surface area contributed by atoms with E-state index in [1.54, 1.807) is 18.0 Å². The number of hydrogen-bond acceptors (Lipinski definition) is 5. The van der Waals surface area contributed by atoms with Crippen molar-refractivity contribution in [2.75, 3.05) is 26.2 Å². The molecule has 3 heterocycles. The van der Waals surface area contributed by atoms with Crippen molar-refractivity contribution in [1.82, 2.24) is 19.0 Å². The number of nitrogens with zero attached hydrogens (tertiary/aromatic N) is 4. The fraction of sp³-hybridized carbons (Fsp3) is 0.429. The molecule has 0 aliphatic carbocycles. The lowest BCUT2D eigenvalue weighted by Crippen LogP contribution is -2.37. The highest BCUT2D eigenvalue weighted by molar-refractivity contribution is 7.89. The molecular weight excluding hydrogens is 336 g/mol. The van der Waals surface area contributed by atoms with Crippen LogP contribution in [0.25, 0.3) is 0 Å². The minimum Gasteiger partial charge on any atom is -0.337 e. The Kier molecular flexibility index (Phi) is 4.51. The highest BCUT2D eigenvalue weighted by atomic mass is 32.2. The summed E-state index contributed by atoms with van der Waals surface area (Å²) in [5.74, 6) is -0.0353. The van der Waals surface area contributed by atoms with Crippen LogP contribution in [0.2, 0.25) is 0 Å². The molecule has 0 unspecified atom stereocenters. The largest absolute Gasteiger partial charge is 0.337 e. The lowest BCUT2D eigenvalue weighted by Gasteiger charge is -2.21. The number of hydrogen-bond donors (Lipinski definition) is 0. The summed E-state index contributed by atoms with van der Waals surface area (Å²) in [6.07, 6.45) is 3.47. The molecule has 3 rings (SSSR count). The summed E-state index contributed by atoms with van der Waals surface area (Å²) in [6, 6.07) is 1.79. The number of sulfonamides is 1. The molecule has 1 aliphatic rings. The van der Waals surface area contributed by atoms with Crippen LogP contribution in [0.1, 0.15) is 16.8 Å². The molecule has 1 saturated heterocycles. The lowest BCUT2D eigenvalue weighted by molar-refractivity contribution is 0.0765. The van der Waals surface area contributed by atoms with Crippen molar-refractivity contribution >= 4 is 27.3 Å². The fourth-order valence-electron chi connectivity index (χ4n) is 2.59. The Labute approximate surface area is 139 Å². The average molecular weight is 354 g/mol. The van der Waals surface area contributed by atoms with E-state index in [1.165, 1.54) is 32.7 Å². The molecule has 0 spiro atoms. The van der Waals surface area contributed by atoms with Gasteiger partial charge in [-0.25, -0.2) is 8.42 Å². The quantitative estimate of drug-likeness (QED) is 0.825. The van der Waals surface area contributed by atoms with Crippen molar-refractivity contribution in [3.8, 4) is 0 Å². The maximum absolute atomic E-state index is 12.6. The van der Waals surface area contributed by atoms with Gasteiger partial charge < -0.3 is 4.90 Å². The Morgan fingerprint density at radius 1 is 1.26 bits per heavy atom. The first-order valence-electron chi connectivity index (χ1n) is 7.29. The standard InChI is InChI=1S/C14H18N4O3S2/c1-16-10-13(9-15-16)23(20,21)18-5-2-4-17(6-7-18)14(19)12-3-8-22-11-12/h3,8-11H,2,4-7H2,1H3. The molecule has 0 saturated carbocycles. The summed E-state index contributed by atoms with van der Waals surface area (Å²) in [6.45, 7) is 1.67. The van der Waals surface area contributed by atoms with E-state index < -0.39 is 10.0 Å². The zero-order chi connectivity index (χ0) is 16.4. The number of aromatic nitrogens is 2. The van der Waals surface area contributed by atoms with Crippen molar-refractivity contribution in [2.24, 2.45) is 7.05 Å². The summed E-state index contributed by atoms with van der Waals surface area (Å²) in [7, 11) is -1.87. The fourth-order valence-corrected chi connectivity index (χ4v) is 4.67. The molecule has 9 heteroatoms. The van der Waals surface area contributed by atoms with Crippen LogP contribution >= 0.6 is 11.3 Å². The predicted molar refractivity (Wildman–Crippen MR) is 86.8 cm³/mol. The van der Waals surface area contributed by atoms with Gasteiger partial charge in [0, 0.05) is 44.8 Å². The van der Waals surface area contributed by atoms with Gasteiger partial charge in [0.15, 0.2) is 0 Å². The zero-order valence-electron chi connectivity index (χ0n) is 12.8. The molecule has 124 valence electrons. The number of aryl methyl sites for hydroxylation is 1. The molecule has 1 aliphatic heterocycles. The first-order chi connectivity index (χ1) is 11.0. The third kappa shape index (κ3) is 3.31. The van der Waals surface area contributed by atoms with E-state index in [0.29, 0.717) is 38.2 Å². The predicted octanol–water partition coefficient (Wildman–Crippen LogP) is 1.02. The number of rotatable bonds is 3. The molecule has 0 bridgehead atoms. The third-order valence-electron chi connectivity index (χ3n) is 3.83. The van der Waals surface area contributed by atoms with Crippen LogP contribution in [0, 0.1) is 0 Å². The van der Waals surface area contributed by atoms with Crippen LogP contribution in [0.4, 0.5) is 0 Å². The van der Waals surface area contributed by atoms with Crippen molar-refractivity contribution in [2.45, 2.75) is 11.3 Å². The second-order valence-corrected chi connectivity index (χ2v) is 8.13. The number of carbonyl (C=O) groups excluding carboxylic acids is 1. The molecule has 0 atom stereocenters. The van der Waals surface area contributed by atoms with E-state index in [0.717, 1.165) is 0 Å². The van der Waals surface area contributed by atoms with Crippen molar-refractivity contribution in [3.05, 3.63) is 34.8 Å². The summed E-state index contributed by atoms with van der Waals surface area (Å²) >= 11 is 1.48. The SMILES string of the molecule is Cn1cc(S(=O)(=O)N2CCCN(C(=O)c3ccsc3)CC2)cn1. The van der Waals surface area contributed by atoms with Gasteiger partial charge in [0.2, 0.25) is 10.0 Å². The Balaban J connectivity index is 1.72. The topological polar surface area (TPSA) is 75.5 Å². The van der Waals surface area contributed by atoms with Crippen LogP contribution in [0.3, 0.4) is 0 Å². The Hall–Kier alpha value is -1.71. The second kappa shape index (κ2) is 6.42. The molecule has 0 aromatic carbocycles. The number of carbonyl (C=O) groups is 1. The van der Waals surface area contributed by atoms with Crippen molar-refractivity contribution in [1.29, 1.82) is 0 Å². The van der Waals surface area contributed by atoms with Gasteiger partial charge in [0.05, 0.1) is 11.8 Å². The number of amides is 1. The van der Waals surface area contributed by atoms with Gasteiger partial charge in [-0.3, -0.25) is 9.48 Å². The molecule has 23 heavy (non-hydrogen) atoms. The van der Waals surface area contributed by atoms with E-state index in [4.69, 9.17) is 0 Å². The zero-order valence-corrected chi connectivity index (χ0v) is 14.4. The van der Waals surface area contributed by atoms with Crippen molar-refractivity contribution in [3.63, 3.8) is 0 Å². The van der Waals surface area contributed by atoms with Gasteiger partial charge in [-0.05, 0) is 17.9 Å². The molecule has 0 radical (unpaired) electrons. The summed E-state index contributed by atoms with van der Waals surface area (Å²) < 4.78 is 28.2. The average Bonchev–Trinajstić information content (AvgIpc) is 3.13. The lowest BCUT2D eigenvalue weighted by atomic mass is 10.3. The van der Waals surface area contributed by atoms with Crippen LogP contribution in [-0.2, 0) is 17.1 Å². The highest BCUT2D eigenvalue weighted by Gasteiger charge is 2.29. The third-order valence-corrected chi connectivity index (χ3v) is 6.36. The van der Waals surface area contributed by atoms with Crippen LogP contribution in [0.15, 0.2) is 34.1 Å². The van der Waals surface area contributed by atoms with E-state index in [9.17, 15) is 13.2 Å². The van der Waals surface area contributed by atoms with Gasteiger partial charge >= 0.3 is 0 Å². The first-order valence-corrected chi connectivity index (χ1v) is 9.67. The summed E-state index contributed by atoms with van der Waals surface area (Å²) in [5, 5.41) is 7.61. The van der Waals surface area contributed by atoms with Crippen molar-refractivity contribution < 1.29 is 13.2 Å². The minimum atomic E-state index is -3.55. The maximum atomic E-state index is 12.6. The van der Waals surface area contributed by atoms with E-state index in [-0.39, 0.29) is 10.8 Å². The van der Waals surface area contributed by atoms with Gasteiger partial charge in [-0.15, -0.1) is 0 Å². The molecule has 1 fully saturated rings.